The number of carbonyl (C=O) groups excluding carboxylic acids is 1. The molecule has 1 fully saturated rings. The van der Waals surface area contributed by atoms with Gasteiger partial charge in [-0.25, -0.2) is 4.79 Å². The van der Waals surface area contributed by atoms with Gasteiger partial charge >= 0.3 is 5.97 Å². The maximum absolute atomic E-state index is 13.1. The fourth-order valence-electron chi connectivity index (χ4n) is 3.63. The molecule has 1 saturated heterocycles. The number of aromatic carboxylic acids is 1. The van der Waals surface area contributed by atoms with E-state index in [1.54, 1.807) is 19.3 Å². The molecule has 2 aromatic rings. The number of thioether (sulfide) groups is 1. The van der Waals surface area contributed by atoms with Crippen LogP contribution in [0.1, 0.15) is 61.4 Å². The summed E-state index contributed by atoms with van der Waals surface area (Å²) in [7, 11) is 1.57. The van der Waals surface area contributed by atoms with Gasteiger partial charge in [0.1, 0.15) is 11.3 Å². The lowest BCUT2D eigenvalue weighted by Gasteiger charge is -2.15. The maximum Gasteiger partial charge on any atom is 0.339 e. The van der Waals surface area contributed by atoms with Crippen LogP contribution in [0.5, 0.6) is 17.2 Å². The number of carboxylic acid groups (broad SMARTS) is 1. The van der Waals surface area contributed by atoms with E-state index in [-0.39, 0.29) is 27.2 Å². The monoisotopic (exact) mass is 515 g/mol. The normalized spacial score (nSPS) is 14.6. The zero-order valence-corrected chi connectivity index (χ0v) is 21.4. The fourth-order valence-corrected chi connectivity index (χ4v) is 4.93. The first-order chi connectivity index (χ1) is 16.8. The molecule has 35 heavy (non-hydrogen) atoms. The minimum atomic E-state index is -1.30. The summed E-state index contributed by atoms with van der Waals surface area (Å²) >= 11 is 6.49. The molecule has 0 spiro atoms. The summed E-state index contributed by atoms with van der Waals surface area (Å²) in [6.45, 7) is 2.82. The van der Waals surface area contributed by atoms with Crippen LogP contribution in [-0.4, -0.2) is 40.1 Å². The molecule has 9 heteroatoms. The van der Waals surface area contributed by atoms with Crippen molar-refractivity contribution < 1.29 is 29.3 Å². The van der Waals surface area contributed by atoms with Crippen LogP contribution in [-0.2, 0) is 4.79 Å². The molecule has 3 rings (SSSR count). The Labute approximate surface area is 214 Å². The minimum absolute atomic E-state index is 0.272. The van der Waals surface area contributed by atoms with Gasteiger partial charge < -0.3 is 19.7 Å². The summed E-state index contributed by atoms with van der Waals surface area (Å²) in [5, 5.41) is 19.0. The molecule has 0 atom stereocenters. The lowest BCUT2D eigenvalue weighted by atomic mass is 10.1. The van der Waals surface area contributed by atoms with Crippen molar-refractivity contribution in [2.75, 3.05) is 18.6 Å². The number of nitrogens with zero attached hydrogens (tertiary/aromatic N) is 1. The number of phenols is 1. The quantitative estimate of drug-likeness (QED) is 0.195. The van der Waals surface area contributed by atoms with E-state index in [0.29, 0.717) is 23.0 Å². The topological polar surface area (TPSA) is 96.3 Å². The number of methoxy groups -OCH3 is 1. The Kier molecular flexibility index (Phi) is 9.56. The SMILES string of the molecule is CCCCCCCCOc1ccc(/C=C2\SC(=S)N(c3ccc(O)c(C(=O)O)c3)C2=O)cc1OC. The molecule has 1 aliphatic rings. The maximum atomic E-state index is 13.1. The highest BCUT2D eigenvalue weighted by Crippen LogP contribution is 2.38. The molecule has 0 aromatic heterocycles. The van der Waals surface area contributed by atoms with E-state index >= 15 is 0 Å². The van der Waals surface area contributed by atoms with Gasteiger partial charge in [-0.2, -0.15) is 0 Å². The predicted molar refractivity (Wildman–Crippen MR) is 143 cm³/mol. The molecule has 0 unspecified atom stereocenters. The van der Waals surface area contributed by atoms with Crippen molar-refractivity contribution in [3.05, 3.63) is 52.4 Å². The number of carboxylic acids is 1. The van der Waals surface area contributed by atoms with Gasteiger partial charge in [-0.3, -0.25) is 9.69 Å². The van der Waals surface area contributed by atoms with E-state index < -0.39 is 5.97 Å². The average Bonchev–Trinajstić information content (AvgIpc) is 3.11. The number of thiocarbonyl (C=S) groups is 1. The number of aromatic hydroxyl groups is 1. The lowest BCUT2D eigenvalue weighted by Crippen LogP contribution is -2.27. The second-order valence-electron chi connectivity index (χ2n) is 8.05. The van der Waals surface area contributed by atoms with Crippen molar-refractivity contribution in [3.8, 4) is 17.2 Å². The van der Waals surface area contributed by atoms with Gasteiger partial charge in [0, 0.05) is 0 Å². The van der Waals surface area contributed by atoms with E-state index in [1.807, 2.05) is 12.1 Å². The second-order valence-corrected chi connectivity index (χ2v) is 9.73. The number of amides is 1. The molecule has 0 radical (unpaired) electrons. The van der Waals surface area contributed by atoms with Crippen molar-refractivity contribution in [2.24, 2.45) is 0 Å². The van der Waals surface area contributed by atoms with Crippen LogP contribution in [0.3, 0.4) is 0 Å². The molecule has 1 heterocycles. The first kappa shape index (κ1) is 26.6. The highest BCUT2D eigenvalue weighted by atomic mass is 32.2. The number of rotatable bonds is 12. The summed E-state index contributed by atoms with van der Waals surface area (Å²) in [6, 6.07) is 9.37. The Bertz CT molecular complexity index is 1130. The second kappa shape index (κ2) is 12.6. The van der Waals surface area contributed by atoms with Crippen molar-refractivity contribution in [1.29, 1.82) is 0 Å². The smallest absolute Gasteiger partial charge is 0.339 e. The third-order valence-electron chi connectivity index (χ3n) is 5.50. The summed E-state index contributed by atoms with van der Waals surface area (Å²) in [4.78, 5) is 26.1. The summed E-state index contributed by atoms with van der Waals surface area (Å²) in [5.74, 6) is -0.824. The van der Waals surface area contributed by atoms with Crippen LogP contribution in [0.4, 0.5) is 5.69 Å². The van der Waals surface area contributed by atoms with Gasteiger partial charge in [-0.05, 0) is 48.4 Å². The van der Waals surface area contributed by atoms with Crippen LogP contribution < -0.4 is 14.4 Å². The Morgan fingerprint density at radius 3 is 2.54 bits per heavy atom. The summed E-state index contributed by atoms with van der Waals surface area (Å²) in [6.07, 6.45) is 8.80. The molecule has 0 bridgehead atoms. The highest BCUT2D eigenvalue weighted by Gasteiger charge is 2.34. The number of hydrogen-bond acceptors (Lipinski definition) is 7. The number of carbonyl (C=O) groups is 2. The predicted octanol–water partition coefficient (Wildman–Crippen LogP) is 6.24. The molecule has 0 saturated carbocycles. The van der Waals surface area contributed by atoms with E-state index in [0.717, 1.165) is 30.2 Å². The van der Waals surface area contributed by atoms with Crippen LogP contribution in [0, 0.1) is 0 Å². The summed E-state index contributed by atoms with van der Waals surface area (Å²) in [5.41, 5.74) is 0.718. The third kappa shape index (κ3) is 6.76. The molecular weight excluding hydrogens is 486 g/mol. The minimum Gasteiger partial charge on any atom is -0.507 e. The third-order valence-corrected chi connectivity index (χ3v) is 6.81. The van der Waals surface area contributed by atoms with E-state index in [2.05, 4.69) is 6.92 Å². The molecule has 2 aromatic carbocycles. The number of ether oxygens (including phenoxy) is 2. The van der Waals surface area contributed by atoms with Gasteiger partial charge in [0.2, 0.25) is 0 Å². The molecule has 186 valence electrons. The van der Waals surface area contributed by atoms with Crippen LogP contribution in [0.15, 0.2) is 41.3 Å². The van der Waals surface area contributed by atoms with Crippen molar-refractivity contribution in [3.63, 3.8) is 0 Å². The molecule has 1 amide bonds. The Morgan fingerprint density at radius 1 is 1.09 bits per heavy atom. The lowest BCUT2D eigenvalue weighted by molar-refractivity contribution is -0.113. The van der Waals surface area contributed by atoms with Gasteiger partial charge in [0.25, 0.3) is 5.91 Å². The van der Waals surface area contributed by atoms with Crippen molar-refractivity contribution in [2.45, 2.75) is 45.4 Å². The van der Waals surface area contributed by atoms with Crippen LogP contribution >= 0.6 is 24.0 Å². The zero-order chi connectivity index (χ0) is 25.4. The summed E-state index contributed by atoms with van der Waals surface area (Å²) < 4.78 is 11.7. The van der Waals surface area contributed by atoms with Gasteiger partial charge in [-0.15, -0.1) is 0 Å². The first-order valence-electron chi connectivity index (χ1n) is 11.5. The van der Waals surface area contributed by atoms with E-state index in [4.69, 9.17) is 21.7 Å². The van der Waals surface area contributed by atoms with E-state index in [1.165, 1.54) is 48.8 Å². The van der Waals surface area contributed by atoms with Gasteiger partial charge in [-0.1, -0.05) is 69.1 Å². The van der Waals surface area contributed by atoms with Gasteiger partial charge in [0.05, 0.1) is 24.3 Å². The van der Waals surface area contributed by atoms with Crippen LogP contribution in [0.25, 0.3) is 6.08 Å². The van der Waals surface area contributed by atoms with Crippen molar-refractivity contribution in [1.82, 2.24) is 0 Å². The Balaban J connectivity index is 1.70. The average molecular weight is 516 g/mol. The Hall–Kier alpha value is -3.04. The zero-order valence-electron chi connectivity index (χ0n) is 19.8. The number of benzene rings is 2. The molecule has 0 aliphatic carbocycles. The van der Waals surface area contributed by atoms with Crippen molar-refractivity contribution >= 4 is 51.9 Å². The standard InChI is InChI=1S/C26H29NO6S2/c1-3-4-5-6-7-8-13-33-21-12-9-17(14-22(21)32-2)15-23-24(29)27(26(34)35-23)18-10-11-20(28)19(16-18)25(30)31/h9-12,14-16,28H,3-8,13H2,1-2H3,(H,30,31)/b23-15-. The largest absolute Gasteiger partial charge is 0.507 e. The Morgan fingerprint density at radius 2 is 1.83 bits per heavy atom. The number of anilines is 1. The molecular formula is C26H29NO6S2. The number of hydrogen-bond donors (Lipinski definition) is 2. The first-order valence-corrected chi connectivity index (χ1v) is 12.7. The molecule has 7 nitrogen and oxygen atoms in total. The van der Waals surface area contributed by atoms with E-state index in [9.17, 15) is 19.8 Å². The highest BCUT2D eigenvalue weighted by molar-refractivity contribution is 8.27. The fraction of sp³-hybridized carbons (Fsp3) is 0.346. The number of unbranched alkanes of at least 4 members (excludes halogenated alkanes) is 5. The molecule has 2 N–H and O–H groups in total. The molecule has 1 aliphatic heterocycles. The van der Waals surface area contributed by atoms with Crippen LogP contribution in [0.2, 0.25) is 0 Å². The van der Waals surface area contributed by atoms with Gasteiger partial charge in [0.15, 0.2) is 15.8 Å².